The van der Waals surface area contributed by atoms with Gasteiger partial charge in [0.2, 0.25) is 0 Å². The third-order valence-corrected chi connectivity index (χ3v) is 27.1. The lowest BCUT2D eigenvalue weighted by molar-refractivity contribution is -0.345. The molecule has 6 fully saturated rings. The summed E-state index contributed by atoms with van der Waals surface area (Å²) in [5.74, 6) is -6.75. The van der Waals surface area contributed by atoms with Crippen molar-refractivity contribution in [2.45, 2.75) is 233 Å². The Hall–Kier alpha value is -5.00. The highest BCUT2D eigenvalue weighted by atomic mass is 28.4. The zero-order chi connectivity index (χ0) is 62.7. The first-order valence-electron chi connectivity index (χ1n) is 30.1. The molecule has 482 valence electrons. The van der Waals surface area contributed by atoms with Crippen molar-refractivity contribution in [2.75, 3.05) is 13.2 Å². The van der Waals surface area contributed by atoms with Crippen molar-refractivity contribution in [3.05, 3.63) is 94.1 Å². The van der Waals surface area contributed by atoms with Crippen LogP contribution in [0.2, 0.25) is 18.1 Å². The number of esters is 4. The van der Waals surface area contributed by atoms with Gasteiger partial charge >= 0.3 is 23.9 Å². The van der Waals surface area contributed by atoms with Gasteiger partial charge in [0.1, 0.15) is 47.5 Å². The van der Waals surface area contributed by atoms with Gasteiger partial charge < -0.3 is 63.5 Å². The molecule has 2 aliphatic heterocycles. The summed E-state index contributed by atoms with van der Waals surface area (Å²) in [6.45, 7) is 24.2. The lowest BCUT2D eigenvalue weighted by Crippen LogP contribution is -2.81. The summed E-state index contributed by atoms with van der Waals surface area (Å²) in [6.07, 6.45) is -10.8. The number of ether oxygens (including phenoxy) is 6. The molecule has 4 saturated carbocycles. The molecule has 10 rings (SSSR count). The molecule has 0 aromatic heterocycles. The molecule has 18 atom stereocenters. The highest BCUT2D eigenvalue weighted by molar-refractivity contribution is 6.73. The highest BCUT2D eigenvalue weighted by Crippen LogP contribution is 2.67. The van der Waals surface area contributed by atoms with Gasteiger partial charge in [-0.15, -0.1) is 0 Å². The fourth-order valence-electron chi connectivity index (χ4n) is 17.3. The first-order chi connectivity index (χ1) is 39.6. The molecule has 0 amide bonds. The predicted octanol–water partition coefficient (Wildman–Crippen LogP) is 7.74. The van der Waals surface area contributed by atoms with E-state index in [1.165, 1.54) is 32.9 Å². The van der Waals surface area contributed by atoms with Crippen molar-refractivity contribution in [3.63, 3.8) is 0 Å². The summed E-state index contributed by atoms with van der Waals surface area (Å²) < 4.78 is 43.8. The number of hydrogen-bond donors (Lipinski definition) is 6. The number of aliphatic hydroxyl groups is 6. The Kier molecular flexibility index (Phi) is 19.2. The molecular weight excluding hydrogens is 1140 g/mol. The quantitative estimate of drug-likeness (QED) is 0.0543. The van der Waals surface area contributed by atoms with Crippen molar-refractivity contribution >= 4 is 43.8 Å². The SMILES string of the molecule is C.C.CC(=O)O[C@@]12CO[C@@H]1C[C@H](O)[C@@]1(C)C(=O)[C@H](O)C3=C(C)C(O)C[C@@](O)([C@@H](OC(=O)c4ccccc4)[C@H]21)C3(C)C.CC[Si](CC)(CC)O[C@H]1C[C@H]2OC[C@@]2(OC(C)=O)[C@H]2[C@H](OC(=O)c3ccccc3)[C@]3(O)CC(O)C(C)=C([C@@H](C)C(=O)[C@]12C)C3(C)C. The Balaban J connectivity index is 0.000000246. The zero-order valence-electron chi connectivity index (χ0n) is 51.6. The normalized spacial score (nSPS) is 39.5. The van der Waals surface area contributed by atoms with E-state index in [2.05, 4.69) is 20.8 Å². The fraction of sp³-hybridized carbons (Fsp3) is 0.672. The summed E-state index contributed by atoms with van der Waals surface area (Å²) in [5.41, 5.74) is -10.4. The second-order valence-corrected chi connectivity index (χ2v) is 31.7. The average molecular weight is 1230 g/mol. The van der Waals surface area contributed by atoms with Crippen LogP contribution in [0.5, 0.6) is 0 Å². The maximum Gasteiger partial charge on any atom is 0.338 e. The monoisotopic (exact) mass is 1230 g/mol. The largest absolute Gasteiger partial charge is 0.455 e. The number of ketones is 2. The van der Waals surface area contributed by atoms with E-state index in [-0.39, 0.29) is 69.8 Å². The number of hydrogen-bond acceptors (Lipinski definition) is 19. The molecule has 8 aliphatic rings. The van der Waals surface area contributed by atoms with E-state index in [0.29, 0.717) is 23.1 Å². The van der Waals surface area contributed by atoms with Crippen LogP contribution in [-0.4, -0.2) is 165 Å². The van der Waals surface area contributed by atoms with E-state index in [1.807, 2.05) is 34.6 Å². The predicted molar refractivity (Wildman–Crippen MR) is 323 cm³/mol. The van der Waals surface area contributed by atoms with Gasteiger partial charge in [0, 0.05) is 56.3 Å². The van der Waals surface area contributed by atoms with E-state index in [9.17, 15) is 54.6 Å². The van der Waals surface area contributed by atoms with Gasteiger partial charge in [0.15, 0.2) is 25.3 Å². The Morgan fingerprint density at radius 1 is 0.598 bits per heavy atom. The van der Waals surface area contributed by atoms with Gasteiger partial charge in [-0.25, -0.2) is 9.59 Å². The minimum absolute atomic E-state index is 0. The standard InChI is InChI=1S/C36H52O9Si.C29H36O10.2CH4/c1-10-46(11-2,12-3)45-26-18-27-35(20-42-27,44-23(6)37)29-31(43-32(40)24-16-14-13-15-17-24)36(41)19-25(38)21(4)28(33(36,7)8)22(5)30(39)34(26,29)9;1-14-17(31)12-29(36)24(38-25(35)16-9-7-6-8-10-16)22-27(5,23(34)21(33)20(14)26(29,3)4)18(32)11-19-28(22,13-37-19)39-15(2)30;;/h13-17,22,25-27,29,31,38,41H,10-12,18-20H2,1-9H3;6-10,17-19,21-22,24,31-33,36H,11-13H2,1-5H3;2*1H4/t22-,25?,26+,27-,29+,31+,34-,35+,36-;17?,18-,19+,21+,22-,24-,27+,28-,29+;;/m10../s1. The van der Waals surface area contributed by atoms with Crippen LogP contribution >= 0.6 is 0 Å². The smallest absolute Gasteiger partial charge is 0.338 e. The van der Waals surface area contributed by atoms with Crippen LogP contribution in [0.3, 0.4) is 0 Å². The summed E-state index contributed by atoms with van der Waals surface area (Å²) in [5, 5.41) is 71.4. The van der Waals surface area contributed by atoms with E-state index in [0.717, 1.165) is 18.1 Å². The number of fused-ring (bicyclic) bond motifs is 10. The molecule has 0 radical (unpaired) electrons. The van der Waals surface area contributed by atoms with Gasteiger partial charge in [-0.05, 0) is 92.4 Å². The number of benzene rings is 2. The maximum absolute atomic E-state index is 15.4. The molecule has 6 N–H and O–H groups in total. The third kappa shape index (κ3) is 10.2. The third-order valence-electron chi connectivity index (χ3n) is 22.5. The van der Waals surface area contributed by atoms with Crippen LogP contribution in [0.25, 0.3) is 0 Å². The topological polar surface area (TPSA) is 288 Å². The summed E-state index contributed by atoms with van der Waals surface area (Å²) in [4.78, 5) is 82.6. The van der Waals surface area contributed by atoms with Crippen LogP contribution in [-0.2, 0) is 52.0 Å². The maximum atomic E-state index is 15.4. The first-order valence-corrected chi connectivity index (χ1v) is 32.6. The molecule has 6 aliphatic carbocycles. The Labute approximate surface area is 513 Å². The van der Waals surface area contributed by atoms with Crippen LogP contribution < -0.4 is 0 Å². The van der Waals surface area contributed by atoms with E-state index in [4.69, 9.17) is 32.8 Å². The lowest BCUT2D eigenvalue weighted by atomic mass is 9.43. The minimum atomic E-state index is -2.34. The minimum Gasteiger partial charge on any atom is -0.455 e. The van der Waals surface area contributed by atoms with Crippen molar-refractivity contribution in [1.29, 1.82) is 0 Å². The number of carbonyl (C=O) groups excluding carboxylic acids is 6. The van der Waals surface area contributed by atoms with Crippen molar-refractivity contribution in [3.8, 4) is 0 Å². The molecule has 2 aromatic carbocycles. The molecule has 2 heterocycles. The molecule has 87 heavy (non-hydrogen) atoms. The summed E-state index contributed by atoms with van der Waals surface area (Å²) in [7, 11) is -2.34. The Morgan fingerprint density at radius 2 is 0.989 bits per heavy atom. The summed E-state index contributed by atoms with van der Waals surface area (Å²) >= 11 is 0. The molecule has 20 heteroatoms. The van der Waals surface area contributed by atoms with Crippen LogP contribution in [0.15, 0.2) is 83.0 Å². The molecule has 2 aromatic rings. The van der Waals surface area contributed by atoms with E-state index in [1.54, 1.807) is 69.3 Å². The van der Waals surface area contributed by atoms with Crippen LogP contribution in [0, 0.1) is 39.4 Å². The van der Waals surface area contributed by atoms with Gasteiger partial charge in [-0.3, -0.25) is 19.2 Å². The average Bonchev–Trinajstić information content (AvgIpc) is 0.682. The second-order valence-electron chi connectivity index (χ2n) is 27.0. The van der Waals surface area contributed by atoms with E-state index >= 15 is 4.79 Å². The molecule has 0 spiro atoms. The number of carbonyl (C=O) groups is 6. The van der Waals surface area contributed by atoms with Gasteiger partial charge in [-0.2, -0.15) is 0 Å². The molecule has 4 bridgehead atoms. The first kappa shape index (κ1) is 69.5. The Bertz CT molecular complexity index is 3040. The second kappa shape index (κ2) is 24.0. The summed E-state index contributed by atoms with van der Waals surface area (Å²) in [6, 6.07) is 19.1. The van der Waals surface area contributed by atoms with Crippen molar-refractivity contribution < 1.29 is 92.3 Å². The fourth-order valence-corrected chi connectivity index (χ4v) is 20.2. The van der Waals surface area contributed by atoms with Crippen LogP contribution in [0.4, 0.5) is 0 Å². The van der Waals surface area contributed by atoms with Gasteiger partial charge in [0.05, 0.1) is 71.4 Å². The van der Waals surface area contributed by atoms with E-state index < -0.39 is 155 Å². The van der Waals surface area contributed by atoms with Crippen molar-refractivity contribution in [2.24, 2.45) is 39.4 Å². The molecule has 2 unspecified atom stereocenters. The molecule has 19 nitrogen and oxygen atoms in total. The molecule has 2 saturated heterocycles. The lowest BCUT2D eigenvalue weighted by Gasteiger charge is -2.68. The number of aliphatic hydroxyl groups excluding tert-OH is 4. The zero-order valence-corrected chi connectivity index (χ0v) is 52.6. The number of rotatable bonds is 11. The Morgan fingerprint density at radius 3 is 1.38 bits per heavy atom. The number of Topliss-reactive ketones (excluding diaryl/α,β-unsaturated/α-hetero) is 2. The highest BCUT2D eigenvalue weighted by Gasteiger charge is 2.80. The van der Waals surface area contributed by atoms with Crippen molar-refractivity contribution in [1.82, 2.24) is 0 Å². The van der Waals surface area contributed by atoms with Crippen LogP contribution in [0.1, 0.15) is 158 Å². The van der Waals surface area contributed by atoms with Gasteiger partial charge in [0.25, 0.3) is 0 Å². The molecular formula is C67H96O19Si. The van der Waals surface area contributed by atoms with Gasteiger partial charge in [-0.1, -0.05) is 107 Å².